The predicted octanol–water partition coefficient (Wildman–Crippen LogP) is 6.28. The SMILES string of the molecule is Cc1ccc(-c2c3ccccc3cc3ccc(C)cc23)cc1. The number of rotatable bonds is 1. The zero-order chi connectivity index (χ0) is 15.1. The Morgan fingerprint density at radius 3 is 2.05 bits per heavy atom. The summed E-state index contributed by atoms with van der Waals surface area (Å²) in [7, 11) is 0. The highest BCUT2D eigenvalue weighted by molar-refractivity contribution is 6.12. The Morgan fingerprint density at radius 2 is 1.23 bits per heavy atom. The first kappa shape index (κ1) is 13.1. The molecule has 4 aromatic carbocycles. The zero-order valence-electron chi connectivity index (χ0n) is 12.9. The topological polar surface area (TPSA) is 0 Å². The molecule has 0 nitrogen and oxygen atoms in total. The van der Waals surface area contributed by atoms with Gasteiger partial charge in [-0.3, -0.25) is 0 Å². The maximum Gasteiger partial charge on any atom is -0.00267 e. The van der Waals surface area contributed by atoms with Crippen LogP contribution in [-0.4, -0.2) is 0 Å². The summed E-state index contributed by atoms with van der Waals surface area (Å²) in [5.41, 5.74) is 5.23. The van der Waals surface area contributed by atoms with Crippen molar-refractivity contribution in [3.05, 3.63) is 83.9 Å². The first-order chi connectivity index (χ1) is 10.7. The molecule has 0 aliphatic carbocycles. The van der Waals surface area contributed by atoms with Crippen molar-refractivity contribution in [1.29, 1.82) is 0 Å². The van der Waals surface area contributed by atoms with Crippen LogP contribution in [0.3, 0.4) is 0 Å². The average molecular weight is 282 g/mol. The van der Waals surface area contributed by atoms with E-state index in [9.17, 15) is 0 Å². The quantitative estimate of drug-likeness (QED) is 0.360. The van der Waals surface area contributed by atoms with Crippen LogP contribution in [0.2, 0.25) is 0 Å². The first-order valence-corrected chi connectivity index (χ1v) is 7.71. The van der Waals surface area contributed by atoms with E-state index in [4.69, 9.17) is 0 Å². The molecule has 0 unspecified atom stereocenters. The van der Waals surface area contributed by atoms with Crippen molar-refractivity contribution in [2.45, 2.75) is 13.8 Å². The fraction of sp³-hybridized carbons (Fsp3) is 0.0909. The van der Waals surface area contributed by atoms with Gasteiger partial charge in [0.1, 0.15) is 0 Å². The Hall–Kier alpha value is -2.60. The minimum absolute atomic E-state index is 1.29. The van der Waals surface area contributed by atoms with Crippen LogP contribution >= 0.6 is 0 Å². The molecule has 0 heteroatoms. The van der Waals surface area contributed by atoms with Crippen molar-refractivity contribution >= 4 is 21.5 Å². The molecule has 4 aromatic rings. The highest BCUT2D eigenvalue weighted by Gasteiger charge is 2.09. The maximum atomic E-state index is 2.30. The second-order valence-electron chi connectivity index (χ2n) is 6.06. The van der Waals surface area contributed by atoms with E-state index in [2.05, 4.69) is 86.6 Å². The van der Waals surface area contributed by atoms with E-state index in [-0.39, 0.29) is 0 Å². The number of aryl methyl sites for hydroxylation is 2. The van der Waals surface area contributed by atoms with Crippen LogP contribution in [0.5, 0.6) is 0 Å². The molecule has 0 bridgehead atoms. The normalized spacial score (nSPS) is 11.2. The van der Waals surface area contributed by atoms with Gasteiger partial charge in [0.25, 0.3) is 0 Å². The number of benzene rings is 4. The summed E-state index contributed by atoms with van der Waals surface area (Å²) in [5, 5.41) is 5.27. The molecular weight excluding hydrogens is 264 g/mol. The third-order valence-electron chi connectivity index (χ3n) is 4.36. The van der Waals surface area contributed by atoms with Crippen molar-refractivity contribution in [3.63, 3.8) is 0 Å². The molecule has 0 N–H and O–H groups in total. The van der Waals surface area contributed by atoms with Crippen molar-refractivity contribution < 1.29 is 0 Å². The lowest BCUT2D eigenvalue weighted by Crippen LogP contribution is -1.86. The van der Waals surface area contributed by atoms with Gasteiger partial charge in [-0.05, 0) is 52.6 Å². The third kappa shape index (κ3) is 2.08. The second kappa shape index (κ2) is 4.99. The summed E-state index contributed by atoms with van der Waals surface area (Å²) in [6.07, 6.45) is 0. The summed E-state index contributed by atoms with van der Waals surface area (Å²) < 4.78 is 0. The van der Waals surface area contributed by atoms with Crippen LogP contribution in [0, 0.1) is 13.8 Å². The minimum Gasteiger partial charge on any atom is -0.0616 e. The van der Waals surface area contributed by atoms with Gasteiger partial charge in [-0.1, -0.05) is 77.9 Å². The second-order valence-corrected chi connectivity index (χ2v) is 6.06. The van der Waals surface area contributed by atoms with Crippen molar-refractivity contribution in [1.82, 2.24) is 0 Å². The molecule has 0 saturated heterocycles. The Morgan fingerprint density at radius 1 is 0.545 bits per heavy atom. The predicted molar refractivity (Wildman–Crippen MR) is 96.4 cm³/mol. The third-order valence-corrected chi connectivity index (χ3v) is 4.36. The van der Waals surface area contributed by atoms with Crippen LogP contribution in [0.15, 0.2) is 72.8 Å². The van der Waals surface area contributed by atoms with Crippen LogP contribution in [-0.2, 0) is 0 Å². The Labute approximate surface area is 131 Å². The zero-order valence-corrected chi connectivity index (χ0v) is 12.9. The van der Waals surface area contributed by atoms with Gasteiger partial charge in [0.15, 0.2) is 0 Å². The monoisotopic (exact) mass is 282 g/mol. The molecule has 0 fully saturated rings. The lowest BCUT2D eigenvalue weighted by molar-refractivity contribution is 1.47. The van der Waals surface area contributed by atoms with Gasteiger partial charge in [-0.2, -0.15) is 0 Å². The highest BCUT2D eigenvalue weighted by Crippen LogP contribution is 2.36. The standard InChI is InChI=1S/C22H18/c1-15-7-10-17(11-8-15)22-20-6-4-3-5-18(20)14-19-12-9-16(2)13-21(19)22/h3-14H,1-2H3. The van der Waals surface area contributed by atoms with Gasteiger partial charge < -0.3 is 0 Å². The van der Waals surface area contributed by atoms with E-state index in [1.165, 1.54) is 43.8 Å². The minimum atomic E-state index is 1.29. The van der Waals surface area contributed by atoms with Gasteiger partial charge in [0.05, 0.1) is 0 Å². The molecule has 0 heterocycles. The molecule has 106 valence electrons. The van der Waals surface area contributed by atoms with Crippen molar-refractivity contribution in [2.24, 2.45) is 0 Å². The summed E-state index contributed by atoms with van der Waals surface area (Å²) in [5.74, 6) is 0. The fourth-order valence-corrected chi connectivity index (χ4v) is 3.21. The van der Waals surface area contributed by atoms with Crippen LogP contribution < -0.4 is 0 Å². The van der Waals surface area contributed by atoms with Gasteiger partial charge in [-0.15, -0.1) is 0 Å². The maximum absolute atomic E-state index is 2.30. The van der Waals surface area contributed by atoms with Crippen molar-refractivity contribution in [3.8, 4) is 11.1 Å². The van der Waals surface area contributed by atoms with E-state index < -0.39 is 0 Å². The molecule has 0 aromatic heterocycles. The Kier molecular flexibility index (Phi) is 2.97. The molecule has 0 amide bonds. The van der Waals surface area contributed by atoms with Crippen LogP contribution in [0.1, 0.15) is 11.1 Å². The molecule has 0 aliphatic rings. The van der Waals surface area contributed by atoms with Gasteiger partial charge in [-0.25, -0.2) is 0 Å². The fourth-order valence-electron chi connectivity index (χ4n) is 3.21. The van der Waals surface area contributed by atoms with Gasteiger partial charge in [0, 0.05) is 0 Å². The largest absolute Gasteiger partial charge is 0.0616 e. The Balaban J connectivity index is 2.19. The number of hydrogen-bond donors (Lipinski definition) is 0. The van der Waals surface area contributed by atoms with Crippen LogP contribution in [0.25, 0.3) is 32.7 Å². The lowest BCUT2D eigenvalue weighted by Gasteiger charge is -2.13. The number of fused-ring (bicyclic) bond motifs is 2. The molecular formula is C22H18. The molecule has 0 atom stereocenters. The molecule has 4 rings (SSSR count). The van der Waals surface area contributed by atoms with E-state index in [1.807, 2.05) is 0 Å². The molecule has 0 saturated carbocycles. The summed E-state index contributed by atoms with van der Waals surface area (Å²) in [6, 6.07) is 26.5. The van der Waals surface area contributed by atoms with E-state index in [0.29, 0.717) is 0 Å². The van der Waals surface area contributed by atoms with Crippen molar-refractivity contribution in [2.75, 3.05) is 0 Å². The molecule has 0 spiro atoms. The van der Waals surface area contributed by atoms with Gasteiger partial charge in [0.2, 0.25) is 0 Å². The lowest BCUT2D eigenvalue weighted by atomic mass is 9.91. The smallest absolute Gasteiger partial charge is 0.00267 e. The summed E-state index contributed by atoms with van der Waals surface area (Å²) >= 11 is 0. The average Bonchev–Trinajstić information content (AvgIpc) is 2.54. The molecule has 0 radical (unpaired) electrons. The molecule has 0 aliphatic heterocycles. The van der Waals surface area contributed by atoms with E-state index >= 15 is 0 Å². The van der Waals surface area contributed by atoms with Crippen LogP contribution in [0.4, 0.5) is 0 Å². The molecule has 22 heavy (non-hydrogen) atoms. The highest BCUT2D eigenvalue weighted by atomic mass is 14.1. The summed E-state index contributed by atoms with van der Waals surface area (Å²) in [6.45, 7) is 4.29. The number of hydrogen-bond acceptors (Lipinski definition) is 0. The first-order valence-electron chi connectivity index (χ1n) is 7.71. The summed E-state index contributed by atoms with van der Waals surface area (Å²) in [4.78, 5) is 0. The van der Waals surface area contributed by atoms with E-state index in [0.717, 1.165) is 0 Å². The Bertz CT molecular complexity index is 976. The van der Waals surface area contributed by atoms with E-state index in [1.54, 1.807) is 0 Å². The van der Waals surface area contributed by atoms with Gasteiger partial charge >= 0.3 is 0 Å².